The second-order valence-corrected chi connectivity index (χ2v) is 12.8. The number of alkyl halides is 3. The van der Waals surface area contributed by atoms with Crippen molar-refractivity contribution in [1.82, 2.24) is 4.98 Å². The van der Waals surface area contributed by atoms with Crippen LogP contribution in [-0.2, 0) is 9.47 Å². The quantitative estimate of drug-likeness (QED) is 0.390. The maximum Gasteiger partial charge on any atom is 0.394 e. The molecule has 204 valence electrons. The lowest BCUT2D eigenvalue weighted by Gasteiger charge is -2.41. The van der Waals surface area contributed by atoms with Gasteiger partial charge in [-0.15, -0.1) is 11.3 Å². The largest absolute Gasteiger partial charge is 0.394 e. The molecule has 0 radical (unpaired) electrons. The second kappa shape index (κ2) is 11.9. The summed E-state index contributed by atoms with van der Waals surface area (Å²) >= 11 is 1.55. The van der Waals surface area contributed by atoms with E-state index in [0.29, 0.717) is 37.4 Å². The number of rotatable bonds is 7. The second-order valence-electron chi connectivity index (χ2n) is 12.0. The number of ether oxygens (including phenoxy) is 2. The number of aromatic nitrogens is 1. The maximum absolute atomic E-state index is 14.0. The van der Waals surface area contributed by atoms with Gasteiger partial charge in [0, 0.05) is 31.1 Å². The van der Waals surface area contributed by atoms with E-state index in [4.69, 9.17) is 14.5 Å². The molecule has 1 aromatic heterocycles. The Labute approximate surface area is 218 Å². The average molecular weight is 529 g/mol. The molecule has 5 rings (SSSR count). The molecule has 0 spiro atoms. The van der Waals surface area contributed by atoms with E-state index < -0.39 is 18.2 Å². The van der Waals surface area contributed by atoms with Crippen molar-refractivity contribution in [2.45, 2.75) is 120 Å². The molecule has 0 saturated heterocycles. The number of methoxy groups -OCH3 is 1. The van der Waals surface area contributed by atoms with E-state index in [9.17, 15) is 13.2 Å². The first-order chi connectivity index (χ1) is 17.4. The van der Waals surface area contributed by atoms with E-state index in [0.717, 1.165) is 48.3 Å². The van der Waals surface area contributed by atoms with Crippen LogP contribution in [0.15, 0.2) is 5.38 Å². The van der Waals surface area contributed by atoms with Crippen LogP contribution in [-0.4, -0.2) is 43.1 Å². The summed E-state index contributed by atoms with van der Waals surface area (Å²) in [6, 6.07) is -0.204. The van der Waals surface area contributed by atoms with Crippen molar-refractivity contribution in [2.24, 2.45) is 23.7 Å². The van der Waals surface area contributed by atoms with Crippen LogP contribution in [0.1, 0.15) is 102 Å². The molecule has 7 atom stereocenters. The maximum atomic E-state index is 14.0. The Kier molecular flexibility index (Phi) is 8.84. The SMILES string of the molecule is COC1CCC2CC(c3csc(NC4CCC(OCC5CCCCC5)C(C(F)(F)F)C4)n3)CCC2C1. The van der Waals surface area contributed by atoms with Gasteiger partial charge in [-0.05, 0) is 88.4 Å². The Bertz CT molecular complexity index is 828. The van der Waals surface area contributed by atoms with Crippen LogP contribution >= 0.6 is 11.3 Å². The van der Waals surface area contributed by atoms with Crippen LogP contribution in [0.2, 0.25) is 0 Å². The first kappa shape index (κ1) is 26.7. The number of thiazole rings is 1. The number of hydrogen-bond donors (Lipinski definition) is 1. The van der Waals surface area contributed by atoms with Crippen molar-refractivity contribution in [3.8, 4) is 0 Å². The fourth-order valence-corrected chi connectivity index (χ4v) is 8.34. The minimum atomic E-state index is -4.23. The molecule has 8 heteroatoms. The zero-order chi connectivity index (χ0) is 25.1. The number of nitrogens with zero attached hydrogens (tertiary/aromatic N) is 1. The molecule has 1 aromatic rings. The monoisotopic (exact) mass is 528 g/mol. The molecular formula is C28H43F3N2O2S. The Balaban J connectivity index is 1.13. The highest BCUT2D eigenvalue weighted by Gasteiger charge is 2.48. The molecule has 4 nitrogen and oxygen atoms in total. The van der Waals surface area contributed by atoms with Gasteiger partial charge in [-0.25, -0.2) is 4.98 Å². The summed E-state index contributed by atoms with van der Waals surface area (Å²) < 4.78 is 53.4. The normalized spacial score (nSPS) is 36.4. The standard InChI is InChI=1S/C28H43F3N2O2S/c1-34-23-11-9-19-13-21(8-7-20(19)14-23)25-17-36-27(33-25)32-22-10-12-26(24(15-22)28(29,30)31)35-16-18-5-3-2-4-6-18/h17-24,26H,2-16H2,1H3,(H,32,33). The van der Waals surface area contributed by atoms with Gasteiger partial charge in [-0.3, -0.25) is 0 Å². The van der Waals surface area contributed by atoms with E-state index in [-0.39, 0.29) is 12.5 Å². The number of nitrogens with one attached hydrogen (secondary N) is 1. The molecule has 0 aliphatic heterocycles. The summed E-state index contributed by atoms with van der Waals surface area (Å²) in [4.78, 5) is 4.87. The van der Waals surface area contributed by atoms with E-state index in [1.807, 2.05) is 7.11 Å². The Morgan fingerprint density at radius 3 is 2.50 bits per heavy atom. The van der Waals surface area contributed by atoms with Crippen molar-refractivity contribution in [3.63, 3.8) is 0 Å². The molecule has 1 N–H and O–H groups in total. The third kappa shape index (κ3) is 6.58. The lowest BCUT2D eigenvalue weighted by atomic mass is 9.66. The summed E-state index contributed by atoms with van der Waals surface area (Å²) in [5, 5.41) is 6.29. The smallest absolute Gasteiger partial charge is 0.381 e. The first-order valence-electron chi connectivity index (χ1n) is 14.3. The molecule has 0 amide bonds. The summed E-state index contributed by atoms with van der Waals surface area (Å²) in [7, 11) is 1.83. The summed E-state index contributed by atoms with van der Waals surface area (Å²) in [5.41, 5.74) is 1.13. The Morgan fingerprint density at radius 1 is 0.944 bits per heavy atom. The predicted octanol–water partition coefficient (Wildman–Crippen LogP) is 7.95. The van der Waals surface area contributed by atoms with Gasteiger partial charge in [0.1, 0.15) is 0 Å². The summed E-state index contributed by atoms with van der Waals surface area (Å²) in [6.07, 6.45) is 9.65. The fourth-order valence-electron chi connectivity index (χ4n) is 7.47. The zero-order valence-electron chi connectivity index (χ0n) is 21.6. The highest BCUT2D eigenvalue weighted by Crippen LogP contribution is 2.47. The fraction of sp³-hybridized carbons (Fsp3) is 0.893. The summed E-state index contributed by atoms with van der Waals surface area (Å²) in [6.45, 7) is 0.487. The molecular weight excluding hydrogens is 485 g/mol. The van der Waals surface area contributed by atoms with Crippen molar-refractivity contribution in [2.75, 3.05) is 19.0 Å². The van der Waals surface area contributed by atoms with Gasteiger partial charge >= 0.3 is 6.18 Å². The van der Waals surface area contributed by atoms with Crippen LogP contribution in [0.25, 0.3) is 0 Å². The van der Waals surface area contributed by atoms with Gasteiger partial charge in [-0.2, -0.15) is 13.2 Å². The van der Waals surface area contributed by atoms with Gasteiger partial charge in [0.05, 0.1) is 23.8 Å². The van der Waals surface area contributed by atoms with Crippen molar-refractivity contribution in [3.05, 3.63) is 11.1 Å². The molecule has 0 aromatic carbocycles. The highest BCUT2D eigenvalue weighted by atomic mass is 32.1. The van der Waals surface area contributed by atoms with Crippen LogP contribution in [0, 0.1) is 23.7 Å². The average Bonchev–Trinajstić information content (AvgIpc) is 3.35. The molecule has 4 fully saturated rings. The molecule has 4 aliphatic carbocycles. The third-order valence-electron chi connectivity index (χ3n) is 9.64. The molecule has 7 unspecified atom stereocenters. The molecule has 1 heterocycles. The lowest BCUT2D eigenvalue weighted by molar-refractivity contribution is -0.218. The van der Waals surface area contributed by atoms with E-state index in [2.05, 4.69) is 10.7 Å². The molecule has 4 aliphatic rings. The zero-order valence-corrected chi connectivity index (χ0v) is 22.4. The summed E-state index contributed by atoms with van der Waals surface area (Å²) in [5.74, 6) is 1.03. The Morgan fingerprint density at radius 2 is 1.72 bits per heavy atom. The van der Waals surface area contributed by atoms with Crippen molar-refractivity contribution in [1.29, 1.82) is 0 Å². The van der Waals surface area contributed by atoms with E-state index in [1.54, 1.807) is 11.3 Å². The number of anilines is 1. The molecule has 36 heavy (non-hydrogen) atoms. The van der Waals surface area contributed by atoms with Gasteiger partial charge in [0.2, 0.25) is 0 Å². The van der Waals surface area contributed by atoms with Crippen LogP contribution in [0.3, 0.4) is 0 Å². The van der Waals surface area contributed by atoms with Gasteiger partial charge in [-0.1, -0.05) is 19.3 Å². The minimum Gasteiger partial charge on any atom is -0.381 e. The Hall–Kier alpha value is -0.860. The van der Waals surface area contributed by atoms with Gasteiger partial charge < -0.3 is 14.8 Å². The van der Waals surface area contributed by atoms with Crippen LogP contribution in [0.4, 0.5) is 18.3 Å². The van der Waals surface area contributed by atoms with Crippen molar-refractivity contribution >= 4 is 16.5 Å². The van der Waals surface area contributed by atoms with Crippen LogP contribution < -0.4 is 5.32 Å². The van der Waals surface area contributed by atoms with Crippen molar-refractivity contribution < 1.29 is 22.6 Å². The third-order valence-corrected chi connectivity index (χ3v) is 10.4. The van der Waals surface area contributed by atoms with Crippen LogP contribution in [0.5, 0.6) is 0 Å². The number of fused-ring (bicyclic) bond motifs is 1. The first-order valence-corrected chi connectivity index (χ1v) is 15.2. The van der Waals surface area contributed by atoms with E-state index in [1.165, 1.54) is 44.9 Å². The highest BCUT2D eigenvalue weighted by molar-refractivity contribution is 7.13. The number of hydrogen-bond acceptors (Lipinski definition) is 5. The predicted molar refractivity (Wildman–Crippen MR) is 137 cm³/mol. The minimum absolute atomic E-state index is 0.0710. The lowest BCUT2D eigenvalue weighted by Crippen LogP contribution is -2.44. The number of halogens is 3. The van der Waals surface area contributed by atoms with Gasteiger partial charge in [0.25, 0.3) is 0 Å². The van der Waals surface area contributed by atoms with Gasteiger partial charge in [0.15, 0.2) is 5.13 Å². The molecule has 0 bridgehead atoms. The molecule has 4 saturated carbocycles. The topological polar surface area (TPSA) is 43.4 Å². The van der Waals surface area contributed by atoms with E-state index >= 15 is 0 Å².